The fraction of sp³-hybridized carbons (Fsp3) is 0.250. The molecule has 37 heavy (non-hydrogen) atoms. The van der Waals surface area contributed by atoms with Gasteiger partial charge in [-0.15, -0.1) is 0 Å². The number of aryl methyl sites for hydroxylation is 2. The molecule has 1 atom stereocenters. The van der Waals surface area contributed by atoms with Crippen LogP contribution in [0.1, 0.15) is 44.3 Å². The molecule has 0 fully saturated rings. The van der Waals surface area contributed by atoms with Crippen molar-refractivity contribution < 1.29 is 24.1 Å². The van der Waals surface area contributed by atoms with Gasteiger partial charge in [0.1, 0.15) is 17.1 Å². The predicted octanol–water partition coefficient (Wildman–Crippen LogP) is 4.57. The number of carbonyl (C=O) groups excluding carboxylic acids is 1. The van der Waals surface area contributed by atoms with Crippen LogP contribution in [0.25, 0.3) is 11.3 Å². The molecule has 9 heteroatoms. The summed E-state index contributed by atoms with van der Waals surface area (Å²) < 4.78 is 16.7. The first-order valence-electron chi connectivity index (χ1n) is 11.8. The molecule has 2 aromatic carbocycles. The van der Waals surface area contributed by atoms with Crippen molar-refractivity contribution in [1.82, 2.24) is 20.1 Å². The molecule has 1 amide bonds. The summed E-state index contributed by atoms with van der Waals surface area (Å²) in [7, 11) is 4.65. The monoisotopic (exact) mass is 500 g/mol. The summed E-state index contributed by atoms with van der Waals surface area (Å²) in [6.45, 7) is 4.11. The van der Waals surface area contributed by atoms with Crippen LogP contribution in [0.5, 0.6) is 23.0 Å². The number of methoxy groups -OCH3 is 3. The van der Waals surface area contributed by atoms with Gasteiger partial charge in [0.15, 0.2) is 11.5 Å². The minimum Gasteiger partial charge on any atom is -0.507 e. The molecular formula is C28H28N4O5. The number of benzene rings is 2. The Morgan fingerprint density at radius 2 is 1.78 bits per heavy atom. The lowest BCUT2D eigenvalue weighted by molar-refractivity contribution is 0.0729. The van der Waals surface area contributed by atoms with E-state index >= 15 is 0 Å². The van der Waals surface area contributed by atoms with Gasteiger partial charge in [0.25, 0.3) is 5.91 Å². The fourth-order valence-corrected chi connectivity index (χ4v) is 5.00. The Morgan fingerprint density at radius 1 is 1.05 bits per heavy atom. The van der Waals surface area contributed by atoms with Crippen molar-refractivity contribution in [2.24, 2.45) is 0 Å². The van der Waals surface area contributed by atoms with Gasteiger partial charge in [0.05, 0.1) is 27.4 Å². The number of phenols is 1. The first-order chi connectivity index (χ1) is 17.9. The van der Waals surface area contributed by atoms with Gasteiger partial charge in [-0.25, -0.2) is 0 Å². The van der Waals surface area contributed by atoms with Crippen LogP contribution in [0.3, 0.4) is 0 Å². The van der Waals surface area contributed by atoms with Crippen LogP contribution in [0.2, 0.25) is 0 Å². The van der Waals surface area contributed by atoms with E-state index in [1.54, 1.807) is 38.6 Å². The molecule has 0 bridgehead atoms. The molecule has 0 saturated carbocycles. The zero-order valence-corrected chi connectivity index (χ0v) is 21.3. The van der Waals surface area contributed by atoms with Crippen molar-refractivity contribution in [3.63, 3.8) is 0 Å². The molecule has 0 radical (unpaired) electrons. The number of aromatic nitrogens is 3. The number of carbonyl (C=O) groups is 1. The first kappa shape index (κ1) is 24.2. The molecule has 0 spiro atoms. The lowest BCUT2D eigenvalue weighted by Crippen LogP contribution is -2.29. The lowest BCUT2D eigenvalue weighted by Gasteiger charge is -2.27. The minimum absolute atomic E-state index is 0.127. The largest absolute Gasteiger partial charge is 0.507 e. The number of fused-ring (bicyclic) bond motifs is 1. The zero-order valence-electron chi connectivity index (χ0n) is 21.3. The van der Waals surface area contributed by atoms with Crippen LogP contribution in [0, 0.1) is 13.8 Å². The van der Waals surface area contributed by atoms with Crippen LogP contribution in [0.4, 0.5) is 0 Å². The van der Waals surface area contributed by atoms with Gasteiger partial charge < -0.3 is 24.2 Å². The number of rotatable bonds is 7. The van der Waals surface area contributed by atoms with Gasteiger partial charge in [-0.2, -0.15) is 5.10 Å². The third-order valence-corrected chi connectivity index (χ3v) is 6.64. The maximum absolute atomic E-state index is 13.8. The number of pyridine rings is 1. The summed E-state index contributed by atoms with van der Waals surface area (Å²) >= 11 is 0. The van der Waals surface area contributed by atoms with Crippen LogP contribution in [0.15, 0.2) is 48.8 Å². The Morgan fingerprint density at radius 3 is 2.41 bits per heavy atom. The zero-order chi connectivity index (χ0) is 26.3. The Hall–Kier alpha value is -4.53. The van der Waals surface area contributed by atoms with Crippen LogP contribution < -0.4 is 14.2 Å². The molecule has 9 nitrogen and oxygen atoms in total. The minimum atomic E-state index is -0.551. The van der Waals surface area contributed by atoms with Gasteiger partial charge in [-0.3, -0.25) is 14.9 Å². The van der Waals surface area contributed by atoms with Crippen molar-refractivity contribution in [3.8, 4) is 34.3 Å². The van der Waals surface area contributed by atoms with E-state index < -0.39 is 6.04 Å². The number of ether oxygens (including phenoxy) is 3. The van der Waals surface area contributed by atoms with Crippen LogP contribution in [-0.4, -0.2) is 52.4 Å². The highest BCUT2D eigenvalue weighted by atomic mass is 16.5. The molecule has 0 aliphatic carbocycles. The molecule has 5 rings (SSSR count). The Bertz CT molecular complexity index is 1460. The van der Waals surface area contributed by atoms with Crippen LogP contribution in [-0.2, 0) is 6.54 Å². The van der Waals surface area contributed by atoms with E-state index in [0.29, 0.717) is 46.3 Å². The van der Waals surface area contributed by atoms with Gasteiger partial charge in [-0.05, 0) is 60.4 Å². The molecule has 190 valence electrons. The fourth-order valence-electron chi connectivity index (χ4n) is 5.00. The summed E-state index contributed by atoms with van der Waals surface area (Å²) in [6.07, 6.45) is 3.43. The van der Waals surface area contributed by atoms with E-state index in [0.717, 1.165) is 22.3 Å². The second kappa shape index (κ2) is 9.50. The first-order valence-corrected chi connectivity index (χ1v) is 11.8. The lowest BCUT2D eigenvalue weighted by atomic mass is 9.93. The number of phenolic OH excluding ortho intramolecular Hbond substituents is 1. The average molecular weight is 501 g/mol. The number of nitrogens with zero attached hydrogens (tertiary/aromatic N) is 3. The normalized spacial score (nSPS) is 14.6. The molecule has 3 heterocycles. The number of H-pyrrole nitrogens is 1. The molecule has 1 unspecified atom stereocenters. The van der Waals surface area contributed by atoms with E-state index in [9.17, 15) is 9.90 Å². The summed E-state index contributed by atoms with van der Waals surface area (Å²) in [4.78, 5) is 19.7. The number of aromatic hydroxyl groups is 1. The number of hydrogen-bond donors (Lipinski definition) is 2. The average Bonchev–Trinajstić information content (AvgIpc) is 3.44. The third kappa shape index (κ3) is 4.02. The highest BCUT2D eigenvalue weighted by molar-refractivity contribution is 6.00. The Kier molecular flexibility index (Phi) is 6.20. The number of nitrogens with one attached hydrogen (secondary N) is 1. The highest BCUT2D eigenvalue weighted by Crippen LogP contribution is 2.49. The standard InChI is InChI=1S/C28H28N4O5/c1-15-9-16(2)26(33)19(10-15)23-22-24(31-30-23)28(34)32(14-17-7-6-8-29-13-17)25(22)18-11-20(35-3)27(37-5)21(12-18)36-4/h6-13,25,33H,14H2,1-5H3,(H,30,31). The molecule has 1 aliphatic heterocycles. The van der Waals surface area contributed by atoms with E-state index in [1.165, 1.54) is 0 Å². The van der Waals surface area contributed by atoms with Gasteiger partial charge in [0.2, 0.25) is 5.75 Å². The molecule has 2 aromatic heterocycles. The van der Waals surface area contributed by atoms with Crippen molar-refractivity contribution in [3.05, 3.63) is 82.3 Å². The number of hydrogen-bond acceptors (Lipinski definition) is 7. The molecular weight excluding hydrogens is 472 g/mol. The number of amides is 1. The van der Waals surface area contributed by atoms with Gasteiger partial charge >= 0.3 is 0 Å². The molecule has 0 saturated heterocycles. The Labute approximate surface area is 214 Å². The highest BCUT2D eigenvalue weighted by Gasteiger charge is 2.43. The quantitative estimate of drug-likeness (QED) is 0.383. The molecule has 2 N–H and O–H groups in total. The maximum atomic E-state index is 13.8. The molecule has 4 aromatic rings. The smallest absolute Gasteiger partial charge is 0.273 e. The van der Waals surface area contributed by atoms with E-state index in [1.807, 2.05) is 50.2 Å². The van der Waals surface area contributed by atoms with Crippen molar-refractivity contribution in [2.45, 2.75) is 26.4 Å². The van der Waals surface area contributed by atoms with Crippen molar-refractivity contribution >= 4 is 5.91 Å². The molecule has 1 aliphatic rings. The third-order valence-electron chi connectivity index (χ3n) is 6.64. The van der Waals surface area contributed by atoms with Gasteiger partial charge in [0, 0.05) is 30.1 Å². The second-order valence-electron chi connectivity index (χ2n) is 8.99. The van der Waals surface area contributed by atoms with Crippen molar-refractivity contribution in [1.29, 1.82) is 0 Å². The summed E-state index contributed by atoms with van der Waals surface area (Å²) in [5.41, 5.74) is 5.44. The maximum Gasteiger partial charge on any atom is 0.273 e. The topological polar surface area (TPSA) is 110 Å². The number of aromatic amines is 1. The van der Waals surface area contributed by atoms with E-state index in [4.69, 9.17) is 14.2 Å². The SMILES string of the molecule is COc1cc(C2c3c(-c4cc(C)cc(C)c4O)n[nH]c3C(=O)N2Cc2cccnc2)cc(OC)c1OC. The summed E-state index contributed by atoms with van der Waals surface area (Å²) in [5.74, 6) is 1.31. The second-order valence-corrected chi connectivity index (χ2v) is 8.99. The predicted molar refractivity (Wildman–Crippen MR) is 137 cm³/mol. The van der Waals surface area contributed by atoms with E-state index in [-0.39, 0.29) is 11.7 Å². The summed E-state index contributed by atoms with van der Waals surface area (Å²) in [5, 5.41) is 18.4. The van der Waals surface area contributed by atoms with Crippen LogP contribution >= 0.6 is 0 Å². The Balaban J connectivity index is 1.75. The van der Waals surface area contributed by atoms with E-state index in [2.05, 4.69) is 15.2 Å². The van der Waals surface area contributed by atoms with Gasteiger partial charge in [-0.1, -0.05) is 12.1 Å². The van der Waals surface area contributed by atoms with Crippen molar-refractivity contribution in [2.75, 3.05) is 21.3 Å². The summed E-state index contributed by atoms with van der Waals surface area (Å²) in [6, 6.07) is 10.7.